The Morgan fingerprint density at radius 2 is 0.885 bits per heavy atom. The molecule has 0 saturated carbocycles. The lowest BCUT2D eigenvalue weighted by molar-refractivity contribution is -0.359. The molecule has 0 aromatic rings. The number of aliphatic hydroxyl groups is 8. The van der Waals surface area contributed by atoms with Crippen molar-refractivity contribution in [1.29, 1.82) is 0 Å². The number of allylic oxidation sites excluding steroid dienone is 21. The van der Waals surface area contributed by atoms with E-state index in [1.54, 1.807) is 6.08 Å². The van der Waals surface area contributed by atoms with Crippen LogP contribution in [0.15, 0.2) is 134 Å². The zero-order chi connectivity index (χ0) is 56.7. The Kier molecular flexibility index (Phi) is 43.1. The standard InChI is InChI=1S/C64H103NO13/c1-3-5-7-9-11-13-15-16-17-18-19-20-21-22-23-24-25-26-27-28-29-30-31-32-33-34-35-36-38-40-42-44-46-48-56(69)65-52(53(68)47-45-43-41-39-37-14-12-10-8-6-4-2)51-75-63-61(74)59(72)62(55(50-67)77-63)78-64-60(73)58(71)57(70)54(49-66)76-64/h5,7,11,13,16-17,19-20,22-23,25-26,28-29,31-32,34-35,38,40,45,47,52-55,57-64,66-68,70-74H,3-4,6,8-10,12,14-15,18,21,24,27,30,33,36-37,39,41-44,46,48-51H2,1-2H3,(H,65,69)/b7-5-,13-11-,17-16-,20-19-,23-22-,26-25-,29-28-,32-31-,35-34-,40-38-,47-45+. The average Bonchev–Trinajstić information content (AvgIpc) is 3.47. The van der Waals surface area contributed by atoms with Crippen molar-refractivity contribution in [2.45, 2.75) is 242 Å². The topological polar surface area (TPSA) is 228 Å². The van der Waals surface area contributed by atoms with Gasteiger partial charge in [0.05, 0.1) is 32.0 Å². The number of carbonyl (C=O) groups is 1. The number of amides is 1. The summed E-state index contributed by atoms with van der Waals surface area (Å²) in [5.74, 6) is -0.290. The van der Waals surface area contributed by atoms with E-state index in [4.69, 9.17) is 18.9 Å². The molecule has 2 aliphatic rings. The van der Waals surface area contributed by atoms with E-state index >= 15 is 0 Å². The molecule has 12 atom stereocenters. The molecule has 2 heterocycles. The van der Waals surface area contributed by atoms with Crippen LogP contribution in [0.25, 0.3) is 0 Å². The molecule has 2 aliphatic heterocycles. The Bertz CT molecular complexity index is 1820. The van der Waals surface area contributed by atoms with E-state index in [2.05, 4.69) is 141 Å². The fourth-order valence-electron chi connectivity index (χ4n) is 8.61. The van der Waals surface area contributed by atoms with Gasteiger partial charge < -0.3 is 65.1 Å². The summed E-state index contributed by atoms with van der Waals surface area (Å²) in [6.45, 7) is 2.60. The number of hydrogen-bond acceptors (Lipinski definition) is 13. The number of aliphatic hydroxyl groups excluding tert-OH is 8. The predicted octanol–water partition coefficient (Wildman–Crippen LogP) is 9.99. The first-order valence-electron chi connectivity index (χ1n) is 29.4. The van der Waals surface area contributed by atoms with E-state index in [0.29, 0.717) is 6.42 Å². The van der Waals surface area contributed by atoms with Crippen LogP contribution in [0.4, 0.5) is 0 Å². The molecule has 2 saturated heterocycles. The minimum absolute atomic E-state index is 0.216. The zero-order valence-electron chi connectivity index (χ0n) is 47.3. The van der Waals surface area contributed by atoms with Crippen molar-refractivity contribution >= 4 is 5.91 Å². The fraction of sp³-hybridized carbons (Fsp3) is 0.641. The van der Waals surface area contributed by atoms with Crippen molar-refractivity contribution in [2.75, 3.05) is 19.8 Å². The highest BCUT2D eigenvalue weighted by Crippen LogP contribution is 2.30. The second-order valence-corrected chi connectivity index (χ2v) is 20.0. The van der Waals surface area contributed by atoms with Gasteiger partial charge in [-0.1, -0.05) is 199 Å². The molecule has 9 N–H and O–H groups in total. The summed E-state index contributed by atoms with van der Waals surface area (Å²) in [6.07, 6.45) is 53.6. The molecule has 0 aliphatic carbocycles. The maximum absolute atomic E-state index is 13.2. The summed E-state index contributed by atoms with van der Waals surface area (Å²) in [7, 11) is 0. The van der Waals surface area contributed by atoms with Gasteiger partial charge in [-0.05, 0) is 96.3 Å². The summed E-state index contributed by atoms with van der Waals surface area (Å²) < 4.78 is 22.7. The van der Waals surface area contributed by atoms with Gasteiger partial charge in [0.1, 0.15) is 48.8 Å². The SMILES string of the molecule is CC/C=C\C/C=C\C/C=C\C/C=C\C/C=C\C/C=C\C/C=C\C/C=C\C/C=C\C/C=C\CCCCC(=O)NC(COC1OC(CO)C(OC2OC(CO)C(O)C(O)C2O)C(O)C1O)C(O)/C=C/CCCCCCCCCCC. The molecule has 78 heavy (non-hydrogen) atoms. The highest BCUT2D eigenvalue weighted by atomic mass is 16.7. The Hall–Kier alpha value is -3.87. The molecule has 0 radical (unpaired) electrons. The third-order valence-electron chi connectivity index (χ3n) is 13.3. The first-order valence-corrected chi connectivity index (χ1v) is 29.4. The van der Waals surface area contributed by atoms with Gasteiger partial charge in [0.25, 0.3) is 0 Å². The van der Waals surface area contributed by atoms with Gasteiger partial charge in [-0.25, -0.2) is 0 Å². The van der Waals surface area contributed by atoms with Crippen molar-refractivity contribution < 1.29 is 64.6 Å². The van der Waals surface area contributed by atoms with Crippen LogP contribution in [0.5, 0.6) is 0 Å². The Balaban J connectivity index is 1.72. The lowest BCUT2D eigenvalue weighted by Crippen LogP contribution is -2.65. The summed E-state index contributed by atoms with van der Waals surface area (Å²) in [5.41, 5.74) is 0. The van der Waals surface area contributed by atoms with Crippen LogP contribution in [0.1, 0.15) is 168 Å². The van der Waals surface area contributed by atoms with Gasteiger partial charge in [-0.15, -0.1) is 0 Å². The number of hydrogen-bond donors (Lipinski definition) is 9. The normalized spacial score (nSPS) is 25.6. The first-order chi connectivity index (χ1) is 38.1. The Morgan fingerprint density at radius 3 is 1.36 bits per heavy atom. The summed E-state index contributed by atoms with van der Waals surface area (Å²) in [5, 5.41) is 86.8. The van der Waals surface area contributed by atoms with E-state index in [-0.39, 0.29) is 18.9 Å². The van der Waals surface area contributed by atoms with E-state index < -0.39 is 86.8 Å². The van der Waals surface area contributed by atoms with Crippen molar-refractivity contribution in [2.24, 2.45) is 0 Å². The van der Waals surface area contributed by atoms with E-state index in [0.717, 1.165) is 103 Å². The molecule has 0 bridgehead atoms. The summed E-state index contributed by atoms with van der Waals surface area (Å²) in [4.78, 5) is 13.2. The minimum Gasteiger partial charge on any atom is -0.394 e. The van der Waals surface area contributed by atoms with Crippen LogP contribution in [-0.2, 0) is 23.7 Å². The van der Waals surface area contributed by atoms with Crippen LogP contribution in [-0.4, -0.2) is 140 Å². The lowest BCUT2D eigenvalue weighted by atomic mass is 9.97. The number of nitrogens with one attached hydrogen (secondary N) is 1. The highest BCUT2D eigenvalue weighted by Gasteiger charge is 2.51. The monoisotopic (exact) mass is 1090 g/mol. The van der Waals surface area contributed by atoms with Crippen molar-refractivity contribution in [3.05, 3.63) is 134 Å². The second kappa shape index (κ2) is 47.9. The number of ether oxygens (including phenoxy) is 4. The molecule has 14 heteroatoms. The molecule has 0 aromatic carbocycles. The van der Waals surface area contributed by atoms with Crippen LogP contribution < -0.4 is 5.32 Å². The van der Waals surface area contributed by atoms with E-state index in [1.165, 1.54) is 38.5 Å². The zero-order valence-corrected chi connectivity index (χ0v) is 47.3. The molecule has 2 fully saturated rings. The van der Waals surface area contributed by atoms with Gasteiger partial charge in [-0.3, -0.25) is 4.79 Å². The molecular weight excluding hydrogens is 991 g/mol. The molecule has 1 amide bonds. The molecule has 442 valence electrons. The van der Waals surface area contributed by atoms with Gasteiger partial charge in [-0.2, -0.15) is 0 Å². The van der Waals surface area contributed by atoms with E-state index in [9.17, 15) is 45.6 Å². The molecular formula is C64H103NO13. The molecule has 0 spiro atoms. The van der Waals surface area contributed by atoms with Crippen molar-refractivity contribution in [1.82, 2.24) is 5.32 Å². The second-order valence-electron chi connectivity index (χ2n) is 20.0. The van der Waals surface area contributed by atoms with Gasteiger partial charge in [0.15, 0.2) is 12.6 Å². The maximum atomic E-state index is 13.2. The third kappa shape index (κ3) is 33.0. The summed E-state index contributed by atoms with van der Waals surface area (Å²) in [6, 6.07) is -0.947. The molecule has 12 unspecified atom stereocenters. The minimum atomic E-state index is -1.80. The van der Waals surface area contributed by atoms with Gasteiger partial charge in [0.2, 0.25) is 5.91 Å². The number of carbonyl (C=O) groups excluding carboxylic acids is 1. The smallest absolute Gasteiger partial charge is 0.220 e. The fourth-order valence-corrected chi connectivity index (χ4v) is 8.61. The maximum Gasteiger partial charge on any atom is 0.220 e. The van der Waals surface area contributed by atoms with E-state index in [1.807, 2.05) is 6.08 Å². The quantitative estimate of drug-likeness (QED) is 0.0205. The van der Waals surface area contributed by atoms with Crippen LogP contribution in [0, 0.1) is 0 Å². The predicted molar refractivity (Wildman–Crippen MR) is 313 cm³/mol. The van der Waals surface area contributed by atoms with Gasteiger partial charge >= 0.3 is 0 Å². The molecule has 0 aromatic heterocycles. The molecule has 2 rings (SSSR count). The molecule has 14 nitrogen and oxygen atoms in total. The lowest BCUT2D eigenvalue weighted by Gasteiger charge is -2.46. The number of unbranched alkanes of at least 4 members (excludes halogenated alkanes) is 11. The van der Waals surface area contributed by atoms with Crippen molar-refractivity contribution in [3.8, 4) is 0 Å². The Morgan fingerprint density at radius 1 is 0.474 bits per heavy atom. The van der Waals surface area contributed by atoms with Crippen LogP contribution >= 0.6 is 0 Å². The average molecular weight is 1090 g/mol. The number of rotatable bonds is 44. The van der Waals surface area contributed by atoms with Gasteiger partial charge in [0, 0.05) is 6.42 Å². The van der Waals surface area contributed by atoms with Crippen LogP contribution in [0.2, 0.25) is 0 Å². The first kappa shape index (κ1) is 70.2. The third-order valence-corrected chi connectivity index (χ3v) is 13.3. The largest absolute Gasteiger partial charge is 0.394 e. The Labute approximate surface area is 469 Å². The highest BCUT2D eigenvalue weighted by molar-refractivity contribution is 5.76. The summed E-state index contributed by atoms with van der Waals surface area (Å²) >= 11 is 0. The van der Waals surface area contributed by atoms with Crippen LogP contribution in [0.3, 0.4) is 0 Å². The van der Waals surface area contributed by atoms with Crippen molar-refractivity contribution in [3.63, 3.8) is 0 Å².